The molecule has 0 saturated heterocycles. The van der Waals surface area contributed by atoms with Crippen LogP contribution in [0.5, 0.6) is 0 Å². The van der Waals surface area contributed by atoms with Crippen molar-refractivity contribution in [1.82, 2.24) is 0 Å². The largest absolute Gasteiger partial charge is 0.389 e. The summed E-state index contributed by atoms with van der Waals surface area (Å²) in [5.74, 6) is 1.11. The predicted molar refractivity (Wildman–Crippen MR) is 57.4 cm³/mol. The molecule has 2 heteroatoms. The maximum absolute atomic E-state index is 12.1. The molecule has 0 aromatic carbocycles. The molecule has 0 spiro atoms. The number of hydrogen-bond donors (Lipinski definition) is 1. The summed E-state index contributed by atoms with van der Waals surface area (Å²) in [6.45, 7) is 0. The first-order chi connectivity index (χ1) is 7.22. The third-order valence-corrected chi connectivity index (χ3v) is 5.05. The lowest BCUT2D eigenvalue weighted by atomic mass is 9.55. The molecule has 2 bridgehead atoms. The van der Waals surface area contributed by atoms with Gasteiger partial charge in [-0.1, -0.05) is 19.3 Å². The zero-order valence-electron chi connectivity index (χ0n) is 9.24. The van der Waals surface area contributed by atoms with Gasteiger partial charge in [0.2, 0.25) is 0 Å². The Balaban J connectivity index is 1.94. The zero-order valence-corrected chi connectivity index (χ0v) is 9.24. The average Bonchev–Trinajstić information content (AvgIpc) is 2.21. The highest BCUT2D eigenvalue weighted by Crippen LogP contribution is 2.52. The highest BCUT2D eigenvalue weighted by Gasteiger charge is 2.55. The van der Waals surface area contributed by atoms with E-state index in [0.717, 1.165) is 44.9 Å². The second-order valence-corrected chi connectivity index (χ2v) is 5.75. The molecule has 3 aliphatic rings. The Labute approximate surface area is 91.1 Å². The zero-order chi connectivity index (χ0) is 10.5. The average molecular weight is 208 g/mol. The molecular formula is C13H20O2. The monoisotopic (exact) mass is 208 g/mol. The first kappa shape index (κ1) is 9.83. The van der Waals surface area contributed by atoms with Gasteiger partial charge in [0, 0.05) is 11.8 Å². The summed E-state index contributed by atoms with van der Waals surface area (Å²) in [6.07, 6.45) is 8.55. The maximum atomic E-state index is 12.1. The van der Waals surface area contributed by atoms with Crippen molar-refractivity contribution in [2.45, 2.75) is 57.0 Å². The number of carbonyl (C=O) groups is 1. The van der Waals surface area contributed by atoms with Crippen molar-refractivity contribution in [3.63, 3.8) is 0 Å². The highest BCUT2D eigenvalue weighted by molar-refractivity contribution is 5.86. The van der Waals surface area contributed by atoms with Crippen LogP contribution in [0.3, 0.4) is 0 Å². The second kappa shape index (κ2) is 3.31. The molecule has 0 heterocycles. The number of aliphatic hydroxyl groups is 1. The fraction of sp³-hybridized carbons (Fsp3) is 0.923. The standard InChI is InChI=1S/C13H20O2/c14-12-9-4-3-6-11(12)13(15)7-2-1-5-10(13)8-9/h9-11,15H,1-8H2/t9?,10?,11-,13?/m1/s1. The van der Waals surface area contributed by atoms with Gasteiger partial charge in [-0.2, -0.15) is 0 Å². The van der Waals surface area contributed by atoms with Crippen LogP contribution in [0.4, 0.5) is 0 Å². The number of carbonyl (C=O) groups excluding carboxylic acids is 1. The molecule has 0 aromatic heterocycles. The van der Waals surface area contributed by atoms with Crippen molar-refractivity contribution in [3.05, 3.63) is 0 Å². The molecule has 3 rings (SSSR count). The summed E-state index contributed by atoms with van der Waals surface area (Å²) in [7, 11) is 0. The number of hydrogen-bond acceptors (Lipinski definition) is 2. The smallest absolute Gasteiger partial charge is 0.141 e. The molecule has 4 atom stereocenters. The fourth-order valence-electron chi connectivity index (χ4n) is 4.24. The summed E-state index contributed by atoms with van der Waals surface area (Å²) in [5, 5.41) is 10.8. The van der Waals surface area contributed by atoms with Gasteiger partial charge in [-0.05, 0) is 38.0 Å². The molecule has 2 nitrogen and oxygen atoms in total. The molecule has 1 N–H and O–H groups in total. The van der Waals surface area contributed by atoms with Crippen molar-refractivity contribution in [1.29, 1.82) is 0 Å². The molecule has 0 aliphatic heterocycles. The molecule has 0 radical (unpaired) electrons. The predicted octanol–water partition coefficient (Wildman–Crippen LogP) is 2.30. The Morgan fingerprint density at radius 1 is 1.13 bits per heavy atom. The van der Waals surface area contributed by atoms with Gasteiger partial charge in [0.1, 0.15) is 5.78 Å². The van der Waals surface area contributed by atoms with E-state index in [-0.39, 0.29) is 5.92 Å². The molecule has 84 valence electrons. The molecule has 3 unspecified atom stereocenters. The van der Waals surface area contributed by atoms with Gasteiger partial charge in [-0.25, -0.2) is 0 Å². The number of fused-ring (bicyclic) bond motifs is 4. The lowest BCUT2D eigenvalue weighted by Gasteiger charge is -2.52. The lowest BCUT2D eigenvalue weighted by Crippen LogP contribution is -2.57. The Hall–Kier alpha value is -0.370. The summed E-state index contributed by atoms with van der Waals surface area (Å²) in [5.41, 5.74) is -0.605. The van der Waals surface area contributed by atoms with Crippen molar-refractivity contribution >= 4 is 5.78 Å². The Bertz CT molecular complexity index is 286. The fourth-order valence-corrected chi connectivity index (χ4v) is 4.24. The second-order valence-electron chi connectivity index (χ2n) is 5.75. The van der Waals surface area contributed by atoms with Gasteiger partial charge in [0.25, 0.3) is 0 Å². The SMILES string of the molecule is O=C1C2CCC[C@H]1C1(O)CCCCC1C2. The number of rotatable bonds is 0. The van der Waals surface area contributed by atoms with E-state index in [1.165, 1.54) is 6.42 Å². The van der Waals surface area contributed by atoms with E-state index in [2.05, 4.69) is 0 Å². The third-order valence-electron chi connectivity index (χ3n) is 5.05. The van der Waals surface area contributed by atoms with Gasteiger partial charge in [-0.15, -0.1) is 0 Å². The molecule has 3 saturated carbocycles. The minimum absolute atomic E-state index is 0.00435. The van der Waals surface area contributed by atoms with E-state index >= 15 is 0 Å². The molecule has 3 fully saturated rings. The molecule has 0 aromatic rings. The minimum atomic E-state index is -0.605. The van der Waals surface area contributed by atoms with Crippen LogP contribution < -0.4 is 0 Å². The quantitative estimate of drug-likeness (QED) is 0.663. The van der Waals surface area contributed by atoms with E-state index < -0.39 is 5.60 Å². The van der Waals surface area contributed by atoms with Crippen molar-refractivity contribution < 1.29 is 9.90 Å². The summed E-state index contributed by atoms with van der Waals surface area (Å²) < 4.78 is 0. The molecule has 15 heavy (non-hydrogen) atoms. The van der Waals surface area contributed by atoms with Crippen LogP contribution in [0.25, 0.3) is 0 Å². The first-order valence-electron chi connectivity index (χ1n) is 6.48. The normalized spacial score (nSPS) is 49.9. The van der Waals surface area contributed by atoms with Gasteiger partial charge < -0.3 is 5.11 Å². The van der Waals surface area contributed by atoms with Gasteiger partial charge in [-0.3, -0.25) is 4.79 Å². The highest BCUT2D eigenvalue weighted by atomic mass is 16.3. The van der Waals surface area contributed by atoms with Crippen LogP contribution in [0.1, 0.15) is 51.4 Å². The van der Waals surface area contributed by atoms with Crippen molar-refractivity contribution in [2.24, 2.45) is 17.8 Å². The van der Waals surface area contributed by atoms with E-state index in [9.17, 15) is 9.90 Å². The van der Waals surface area contributed by atoms with Crippen LogP contribution >= 0.6 is 0 Å². The molecule has 3 aliphatic carbocycles. The van der Waals surface area contributed by atoms with Crippen LogP contribution in [0.15, 0.2) is 0 Å². The van der Waals surface area contributed by atoms with E-state index in [1.54, 1.807) is 0 Å². The summed E-state index contributed by atoms with van der Waals surface area (Å²) in [4.78, 5) is 12.1. The minimum Gasteiger partial charge on any atom is -0.389 e. The summed E-state index contributed by atoms with van der Waals surface area (Å²) >= 11 is 0. The van der Waals surface area contributed by atoms with E-state index in [1.807, 2.05) is 0 Å². The van der Waals surface area contributed by atoms with Gasteiger partial charge >= 0.3 is 0 Å². The topological polar surface area (TPSA) is 37.3 Å². The number of ketones is 1. The van der Waals surface area contributed by atoms with Crippen LogP contribution in [-0.2, 0) is 4.79 Å². The van der Waals surface area contributed by atoms with Crippen LogP contribution in [0.2, 0.25) is 0 Å². The number of Topliss-reactive ketones (excluding diaryl/α,β-unsaturated/α-hetero) is 1. The Kier molecular flexibility index (Phi) is 2.17. The van der Waals surface area contributed by atoms with E-state index in [0.29, 0.717) is 17.6 Å². The maximum Gasteiger partial charge on any atom is 0.141 e. The molecular weight excluding hydrogens is 188 g/mol. The van der Waals surface area contributed by atoms with Crippen LogP contribution in [0, 0.1) is 17.8 Å². The van der Waals surface area contributed by atoms with E-state index in [4.69, 9.17) is 0 Å². The van der Waals surface area contributed by atoms with Gasteiger partial charge in [0.05, 0.1) is 5.60 Å². The van der Waals surface area contributed by atoms with Crippen molar-refractivity contribution in [2.75, 3.05) is 0 Å². The molecule has 0 amide bonds. The van der Waals surface area contributed by atoms with Crippen molar-refractivity contribution in [3.8, 4) is 0 Å². The first-order valence-corrected chi connectivity index (χ1v) is 6.48. The Morgan fingerprint density at radius 3 is 2.87 bits per heavy atom. The third kappa shape index (κ3) is 1.30. The summed E-state index contributed by atoms with van der Waals surface area (Å²) in [6, 6.07) is 0. The van der Waals surface area contributed by atoms with Crippen LogP contribution in [-0.4, -0.2) is 16.5 Å². The lowest BCUT2D eigenvalue weighted by molar-refractivity contribution is -0.167. The van der Waals surface area contributed by atoms with Gasteiger partial charge in [0.15, 0.2) is 0 Å². The Morgan fingerprint density at radius 2 is 2.00 bits per heavy atom.